The van der Waals surface area contributed by atoms with Gasteiger partial charge >= 0.3 is 21.2 Å². The monoisotopic (exact) mass is 937 g/mol. The number of terminal acetylenes is 1. The Balaban J connectivity index is 1.11. The van der Waals surface area contributed by atoms with Gasteiger partial charge in [0, 0.05) is 59.8 Å². The minimum absolute atomic E-state index is 0.00723. The third-order valence-corrected chi connectivity index (χ3v) is 14.0. The smallest absolute Gasteiger partial charge is 0.458 e. The van der Waals surface area contributed by atoms with E-state index in [2.05, 4.69) is 21.2 Å². The molecule has 2 unspecified atom stereocenters. The average molecular weight is 938 g/mol. The molecule has 0 radical (unpaired) electrons. The van der Waals surface area contributed by atoms with E-state index in [9.17, 15) is 28.6 Å². The van der Waals surface area contributed by atoms with Crippen molar-refractivity contribution in [3.05, 3.63) is 86.7 Å². The maximum atomic E-state index is 14.4. The van der Waals surface area contributed by atoms with E-state index in [1.165, 1.54) is 0 Å². The molecule has 350 valence electrons. The van der Waals surface area contributed by atoms with Crippen LogP contribution in [-0.2, 0) is 62.4 Å². The zero-order chi connectivity index (χ0) is 46.8. The summed E-state index contributed by atoms with van der Waals surface area (Å²) >= 11 is 0. The first-order valence-electron chi connectivity index (χ1n) is 21.8. The second kappa shape index (κ2) is 22.0. The molecule has 2 aliphatic rings. The maximum Gasteiger partial charge on any atom is 0.458 e. The number of nitrogens with zero attached hydrogens (tertiary/aromatic N) is 2. The molecule has 2 aromatic carbocycles. The van der Waals surface area contributed by atoms with Crippen molar-refractivity contribution in [2.24, 2.45) is 0 Å². The normalized spacial score (nSPS) is 17.0. The van der Waals surface area contributed by atoms with Crippen LogP contribution in [0, 0.1) is 12.1 Å². The molecular formula is C45H57N5O13P2. The first-order chi connectivity index (χ1) is 31.2. The fraction of sp³-hybridized carbons (Fsp3) is 0.467. The number of hydrogen-bond acceptors (Lipinski definition) is 14. The Morgan fingerprint density at radius 3 is 2.40 bits per heavy atom. The van der Waals surface area contributed by atoms with E-state index in [0.717, 1.165) is 16.5 Å². The molecule has 0 spiro atoms. The zero-order valence-corrected chi connectivity index (χ0v) is 38.8. The molecule has 5 N–H and O–H groups in total. The van der Waals surface area contributed by atoms with Gasteiger partial charge in [-0.3, -0.25) is 18.7 Å². The number of ether oxygens (including phenoxy) is 3. The highest BCUT2D eigenvalue weighted by Gasteiger charge is 2.45. The van der Waals surface area contributed by atoms with E-state index in [-0.39, 0.29) is 80.7 Å². The fourth-order valence-corrected chi connectivity index (χ4v) is 10.1. The number of pyridine rings is 2. The molecule has 0 bridgehead atoms. The van der Waals surface area contributed by atoms with E-state index in [0.29, 0.717) is 73.6 Å². The van der Waals surface area contributed by atoms with Gasteiger partial charge in [0.25, 0.3) is 11.5 Å². The molecule has 2 aromatic heterocycles. The van der Waals surface area contributed by atoms with Crippen LogP contribution in [0.1, 0.15) is 92.4 Å². The number of aliphatic hydroxyl groups is 2. The molecule has 20 heteroatoms. The van der Waals surface area contributed by atoms with Crippen LogP contribution in [-0.4, -0.2) is 84.1 Å². The predicted octanol–water partition coefficient (Wildman–Crippen LogP) is 6.33. The highest BCUT2D eigenvalue weighted by molar-refractivity contribution is 7.65. The molecule has 18 nitrogen and oxygen atoms in total. The number of anilines is 1. The molecule has 3 atom stereocenters. The Morgan fingerprint density at radius 1 is 0.985 bits per heavy atom. The van der Waals surface area contributed by atoms with Gasteiger partial charge < -0.3 is 48.4 Å². The van der Waals surface area contributed by atoms with E-state index in [1.54, 1.807) is 60.0 Å². The van der Waals surface area contributed by atoms with Gasteiger partial charge in [-0.25, -0.2) is 19.4 Å². The Labute approximate surface area is 377 Å². The van der Waals surface area contributed by atoms with Crippen LogP contribution in [0.25, 0.3) is 22.3 Å². The van der Waals surface area contributed by atoms with E-state index >= 15 is 0 Å². The molecular weight excluding hydrogens is 880 g/mol. The number of amides is 1. The van der Waals surface area contributed by atoms with Crippen LogP contribution in [0.3, 0.4) is 0 Å². The van der Waals surface area contributed by atoms with Gasteiger partial charge in [-0.05, 0) is 106 Å². The standard InChI is InChI=1S/C45H57N5O13P2/c1-6-33-34-25-32(19-20-38(34)48-41-35(33)28-50-39(41)26-37-36(43(50)53)29-60-44(54)45(37,55)7-2)63-65(57,47-27-40(58-8-3)59-9-4)62-23-13-11-12-21-46-42(52)30-15-17-31(18-16-30)49-64(56,10-5)61-24-14-22-51/h5,15-20,25-26,40,51,55H,6-9,11-14,21-24,27-29H2,1-4H3,(H,46,52)(H,47,57)(H,49,56)/t45-,64?,65?/m0/s1. The van der Waals surface area contributed by atoms with Gasteiger partial charge in [-0.15, -0.1) is 6.42 Å². The quantitative estimate of drug-likeness (QED) is 0.0141. The number of benzene rings is 2. The molecule has 0 fully saturated rings. The number of unbranched alkanes of at least 4 members (excludes halogenated alkanes) is 2. The Hall–Kier alpha value is -4.92. The topological polar surface area (TPSA) is 235 Å². The van der Waals surface area contributed by atoms with Crippen LogP contribution in [0.15, 0.2) is 53.3 Å². The summed E-state index contributed by atoms with van der Waals surface area (Å²) < 4.78 is 62.6. The number of aliphatic hydroxyl groups excluding tert-OH is 1. The van der Waals surface area contributed by atoms with Gasteiger partial charge in [0.1, 0.15) is 12.4 Å². The predicted molar refractivity (Wildman–Crippen MR) is 243 cm³/mol. The summed E-state index contributed by atoms with van der Waals surface area (Å²) in [4.78, 5) is 44.2. The Morgan fingerprint density at radius 2 is 1.72 bits per heavy atom. The SMILES string of the molecule is C#CP(=O)(Nc1ccc(C(=O)NCCCCCOP(=O)(NCC(OCC)OCC)Oc2ccc3nc4c(c(CC)c3c2)Cn2c-4cc3c(c2=O)COC(=O)[C@]3(O)CC)cc1)OCCCO. The van der Waals surface area contributed by atoms with Crippen LogP contribution < -0.4 is 25.6 Å². The number of aryl methyl sites for hydroxylation is 1. The number of esters is 1. The molecule has 2 aliphatic heterocycles. The Kier molecular flexibility index (Phi) is 16.8. The van der Waals surface area contributed by atoms with Crippen molar-refractivity contribution >= 4 is 43.7 Å². The molecule has 65 heavy (non-hydrogen) atoms. The van der Waals surface area contributed by atoms with Crippen molar-refractivity contribution in [3.8, 4) is 29.2 Å². The number of fused-ring (bicyclic) bond motifs is 5. The average Bonchev–Trinajstić information content (AvgIpc) is 3.67. The number of cyclic esters (lactones) is 1. The van der Waals surface area contributed by atoms with Crippen LogP contribution in [0.4, 0.5) is 5.69 Å². The molecule has 4 aromatic rings. The summed E-state index contributed by atoms with van der Waals surface area (Å²) in [5.74, 6) is -0.838. The van der Waals surface area contributed by atoms with Crippen molar-refractivity contribution in [2.75, 3.05) is 51.2 Å². The largest absolute Gasteiger partial charge is 0.458 e. The van der Waals surface area contributed by atoms with Crippen molar-refractivity contribution < 1.29 is 56.7 Å². The van der Waals surface area contributed by atoms with Gasteiger partial charge in [0.2, 0.25) is 0 Å². The third-order valence-electron chi connectivity index (χ3n) is 11.0. The first-order valence-corrected chi connectivity index (χ1v) is 25.0. The summed E-state index contributed by atoms with van der Waals surface area (Å²) in [5, 5.41) is 29.4. The number of hydrogen-bond donors (Lipinski definition) is 5. The van der Waals surface area contributed by atoms with Crippen molar-refractivity contribution in [1.82, 2.24) is 20.0 Å². The number of carbonyl (C=O) groups excluding carboxylic acids is 2. The molecule has 6 rings (SSSR count). The molecule has 0 saturated heterocycles. The highest BCUT2D eigenvalue weighted by atomic mass is 31.2. The number of aromatic nitrogens is 2. The summed E-state index contributed by atoms with van der Waals surface area (Å²) in [6.45, 7) is 8.36. The van der Waals surface area contributed by atoms with Crippen molar-refractivity contribution in [1.29, 1.82) is 0 Å². The molecule has 0 aliphatic carbocycles. The third kappa shape index (κ3) is 11.4. The first kappa shape index (κ1) is 49.5. The van der Waals surface area contributed by atoms with Gasteiger partial charge in [0.15, 0.2) is 11.9 Å². The van der Waals surface area contributed by atoms with E-state index < -0.39 is 33.1 Å². The second-order valence-corrected chi connectivity index (χ2v) is 18.9. The highest BCUT2D eigenvalue weighted by Crippen LogP contribution is 2.47. The molecule has 0 saturated carbocycles. The second-order valence-electron chi connectivity index (χ2n) is 15.3. The lowest BCUT2D eigenvalue weighted by Gasteiger charge is -2.31. The van der Waals surface area contributed by atoms with Crippen LogP contribution in [0.5, 0.6) is 5.75 Å². The van der Waals surface area contributed by atoms with Gasteiger partial charge in [-0.1, -0.05) is 13.8 Å². The molecule has 1 amide bonds. The number of nitrogens with one attached hydrogen (secondary N) is 3. The lowest BCUT2D eigenvalue weighted by Crippen LogP contribution is -2.44. The zero-order valence-electron chi connectivity index (χ0n) is 37.1. The van der Waals surface area contributed by atoms with Crippen LogP contribution in [0.2, 0.25) is 0 Å². The maximum absolute atomic E-state index is 14.4. The summed E-state index contributed by atoms with van der Waals surface area (Å²) in [6.07, 6.45) is 7.29. The Bertz CT molecular complexity index is 2560. The summed E-state index contributed by atoms with van der Waals surface area (Å²) in [6, 6.07) is 13.1. The minimum atomic E-state index is -4.05. The number of carbonyl (C=O) groups is 2. The van der Waals surface area contributed by atoms with E-state index in [4.69, 9.17) is 44.3 Å². The van der Waals surface area contributed by atoms with Crippen LogP contribution >= 0.6 is 15.3 Å². The lowest BCUT2D eigenvalue weighted by molar-refractivity contribution is -0.172. The van der Waals surface area contributed by atoms with Gasteiger partial charge in [0.05, 0.1) is 48.8 Å². The lowest BCUT2D eigenvalue weighted by atomic mass is 9.86. The minimum Gasteiger partial charge on any atom is -0.458 e. The summed E-state index contributed by atoms with van der Waals surface area (Å²) in [7, 11) is -7.65. The van der Waals surface area contributed by atoms with E-state index in [1.807, 2.05) is 20.8 Å². The fourth-order valence-electron chi connectivity index (χ4n) is 7.69. The van der Waals surface area contributed by atoms with Crippen molar-refractivity contribution in [3.63, 3.8) is 0 Å². The number of rotatable bonds is 25. The summed E-state index contributed by atoms with van der Waals surface area (Å²) in [5.41, 5.74) is 4.51. The molecule has 4 heterocycles. The van der Waals surface area contributed by atoms with Gasteiger partial charge in [-0.2, -0.15) is 0 Å². The van der Waals surface area contributed by atoms with Crippen molar-refractivity contribution in [2.45, 2.75) is 91.3 Å².